The highest BCUT2D eigenvalue weighted by Crippen LogP contribution is 2.44. The van der Waals surface area contributed by atoms with Gasteiger partial charge >= 0.3 is 12.1 Å². The SMILES string of the molecule is CCCCCN(C(=O)C(CC(=O)O)NC(=O)OCC1c2ccccc2-c2ccccc21)C(C)C. The molecule has 2 amide bonds. The number of unbranched alkanes of at least 4 members (excludes halogenated alkanes) is 2. The minimum absolute atomic E-state index is 0.0955. The van der Waals surface area contributed by atoms with Gasteiger partial charge in [0.2, 0.25) is 5.91 Å². The fourth-order valence-corrected chi connectivity index (χ4v) is 4.51. The number of rotatable bonds is 11. The van der Waals surface area contributed by atoms with E-state index in [1.54, 1.807) is 4.90 Å². The molecule has 2 N–H and O–H groups in total. The Hall–Kier alpha value is -3.35. The quantitative estimate of drug-likeness (QED) is 0.464. The second-order valence-corrected chi connectivity index (χ2v) is 8.95. The maximum absolute atomic E-state index is 13.1. The van der Waals surface area contributed by atoms with Crippen molar-refractivity contribution in [3.05, 3.63) is 59.7 Å². The first kappa shape index (κ1) is 25.3. The number of alkyl carbamates (subject to hydrolysis) is 1. The van der Waals surface area contributed by atoms with Crippen LogP contribution in [0.3, 0.4) is 0 Å². The van der Waals surface area contributed by atoms with Gasteiger partial charge in [-0.2, -0.15) is 0 Å². The predicted molar refractivity (Wildman–Crippen MR) is 131 cm³/mol. The predicted octanol–water partition coefficient (Wildman–Crippen LogP) is 4.80. The number of nitrogens with zero attached hydrogens (tertiary/aromatic N) is 1. The van der Waals surface area contributed by atoms with Gasteiger partial charge < -0.3 is 20.1 Å². The summed E-state index contributed by atoms with van der Waals surface area (Å²) in [5.74, 6) is -1.68. The van der Waals surface area contributed by atoms with Crippen LogP contribution in [0.15, 0.2) is 48.5 Å². The molecule has 2 aromatic rings. The molecule has 3 rings (SSSR count). The number of benzene rings is 2. The molecule has 0 heterocycles. The lowest BCUT2D eigenvalue weighted by Crippen LogP contribution is -2.52. The van der Waals surface area contributed by atoms with Crippen LogP contribution in [-0.2, 0) is 14.3 Å². The number of carboxylic acids is 1. The second-order valence-electron chi connectivity index (χ2n) is 8.95. The normalized spacial score (nSPS) is 13.2. The van der Waals surface area contributed by atoms with Crippen LogP contribution in [0.5, 0.6) is 0 Å². The molecule has 0 bridgehead atoms. The first-order valence-electron chi connectivity index (χ1n) is 12.0. The van der Waals surface area contributed by atoms with Gasteiger partial charge in [-0.15, -0.1) is 0 Å². The van der Waals surface area contributed by atoms with E-state index in [4.69, 9.17) is 4.74 Å². The summed E-state index contributed by atoms with van der Waals surface area (Å²) in [4.78, 5) is 38.9. The van der Waals surface area contributed by atoms with Gasteiger partial charge in [0.25, 0.3) is 0 Å². The fourth-order valence-electron chi connectivity index (χ4n) is 4.51. The number of carboxylic acid groups (broad SMARTS) is 1. The van der Waals surface area contributed by atoms with Crippen LogP contribution >= 0.6 is 0 Å². The molecule has 0 fully saturated rings. The molecule has 1 atom stereocenters. The standard InChI is InChI=1S/C27H34N2O5/c1-4-5-10-15-29(18(2)3)26(32)24(16-25(30)31)28-27(33)34-17-23-21-13-8-6-11-19(21)20-12-7-9-14-22(20)23/h6-9,11-14,18,23-24H,4-5,10,15-17H2,1-3H3,(H,28,33)(H,30,31). The van der Waals surface area contributed by atoms with Crippen molar-refractivity contribution >= 4 is 18.0 Å². The highest BCUT2D eigenvalue weighted by Gasteiger charge is 2.32. The van der Waals surface area contributed by atoms with Crippen LogP contribution in [0, 0.1) is 0 Å². The molecule has 2 aromatic carbocycles. The number of nitrogens with one attached hydrogen (secondary N) is 1. The van der Waals surface area contributed by atoms with Crippen LogP contribution in [0.1, 0.15) is 63.5 Å². The average Bonchev–Trinajstić information content (AvgIpc) is 3.13. The molecule has 0 saturated carbocycles. The fraction of sp³-hybridized carbons (Fsp3) is 0.444. The number of ether oxygens (including phenoxy) is 1. The van der Waals surface area contributed by atoms with Gasteiger partial charge in [-0.25, -0.2) is 4.79 Å². The summed E-state index contributed by atoms with van der Waals surface area (Å²) in [6.07, 6.45) is 1.51. The van der Waals surface area contributed by atoms with E-state index in [1.165, 1.54) is 0 Å². The van der Waals surface area contributed by atoms with Gasteiger partial charge in [0, 0.05) is 18.5 Å². The lowest BCUT2D eigenvalue weighted by atomic mass is 9.98. The number of amides is 2. The molecule has 1 unspecified atom stereocenters. The van der Waals surface area contributed by atoms with E-state index < -0.39 is 30.4 Å². The molecule has 34 heavy (non-hydrogen) atoms. The molecule has 0 spiro atoms. The Bertz CT molecular complexity index is 974. The number of aliphatic carboxylic acids is 1. The first-order chi connectivity index (χ1) is 16.3. The summed E-state index contributed by atoms with van der Waals surface area (Å²) in [6, 6.07) is 14.7. The van der Waals surface area contributed by atoms with Gasteiger partial charge in [-0.05, 0) is 42.5 Å². The van der Waals surface area contributed by atoms with Crippen molar-refractivity contribution in [2.24, 2.45) is 0 Å². The molecule has 0 saturated heterocycles. The molecule has 0 radical (unpaired) electrons. The second kappa shape index (κ2) is 11.7. The van der Waals surface area contributed by atoms with Crippen LogP contribution < -0.4 is 5.32 Å². The summed E-state index contributed by atoms with van der Waals surface area (Å²) in [7, 11) is 0. The minimum Gasteiger partial charge on any atom is -0.481 e. The van der Waals surface area contributed by atoms with Crippen molar-refractivity contribution in [2.45, 2.75) is 64.5 Å². The molecule has 7 nitrogen and oxygen atoms in total. The smallest absolute Gasteiger partial charge is 0.407 e. The van der Waals surface area contributed by atoms with Gasteiger partial charge in [0.05, 0.1) is 6.42 Å². The Balaban J connectivity index is 1.68. The average molecular weight is 467 g/mol. The van der Waals surface area contributed by atoms with Crippen LogP contribution in [0.2, 0.25) is 0 Å². The maximum Gasteiger partial charge on any atom is 0.407 e. The third-order valence-corrected chi connectivity index (χ3v) is 6.22. The topological polar surface area (TPSA) is 95.9 Å². The maximum atomic E-state index is 13.1. The van der Waals surface area contributed by atoms with E-state index in [9.17, 15) is 19.5 Å². The Morgan fingerprint density at radius 3 is 2.12 bits per heavy atom. The summed E-state index contributed by atoms with van der Waals surface area (Å²) in [6.45, 7) is 6.46. The highest BCUT2D eigenvalue weighted by molar-refractivity contribution is 5.89. The minimum atomic E-state index is -1.18. The monoisotopic (exact) mass is 466 g/mol. The zero-order chi connectivity index (χ0) is 24.7. The summed E-state index contributed by atoms with van der Waals surface area (Å²) >= 11 is 0. The third-order valence-electron chi connectivity index (χ3n) is 6.22. The van der Waals surface area contributed by atoms with Crippen LogP contribution in [-0.4, -0.2) is 53.2 Å². The van der Waals surface area contributed by atoms with E-state index >= 15 is 0 Å². The van der Waals surface area contributed by atoms with Gasteiger partial charge in [0.15, 0.2) is 0 Å². The van der Waals surface area contributed by atoms with Crippen molar-refractivity contribution in [1.29, 1.82) is 0 Å². The molecule has 0 aromatic heterocycles. The Kier molecular flexibility index (Phi) is 8.68. The van der Waals surface area contributed by atoms with Gasteiger partial charge in [-0.3, -0.25) is 9.59 Å². The van der Waals surface area contributed by atoms with Gasteiger partial charge in [-0.1, -0.05) is 68.3 Å². The largest absolute Gasteiger partial charge is 0.481 e. The van der Waals surface area contributed by atoms with Crippen molar-refractivity contribution < 1.29 is 24.2 Å². The van der Waals surface area contributed by atoms with Crippen molar-refractivity contribution in [1.82, 2.24) is 10.2 Å². The molecule has 7 heteroatoms. The lowest BCUT2D eigenvalue weighted by molar-refractivity contribution is -0.143. The van der Waals surface area contributed by atoms with E-state index in [1.807, 2.05) is 50.2 Å². The van der Waals surface area contributed by atoms with Gasteiger partial charge in [0.1, 0.15) is 12.6 Å². The zero-order valence-corrected chi connectivity index (χ0v) is 20.1. The van der Waals surface area contributed by atoms with E-state index in [0.717, 1.165) is 41.5 Å². The Labute approximate surface area is 201 Å². The molecule has 1 aliphatic rings. The molecule has 1 aliphatic carbocycles. The van der Waals surface area contributed by atoms with Crippen LogP contribution in [0.25, 0.3) is 11.1 Å². The summed E-state index contributed by atoms with van der Waals surface area (Å²) in [5, 5.41) is 11.9. The summed E-state index contributed by atoms with van der Waals surface area (Å²) < 4.78 is 5.53. The summed E-state index contributed by atoms with van der Waals surface area (Å²) in [5.41, 5.74) is 4.39. The molecular weight excluding hydrogens is 432 g/mol. The molecule has 0 aliphatic heterocycles. The lowest BCUT2D eigenvalue weighted by Gasteiger charge is -2.30. The van der Waals surface area contributed by atoms with E-state index in [-0.39, 0.29) is 18.6 Å². The first-order valence-corrected chi connectivity index (χ1v) is 12.0. The number of hydrogen-bond donors (Lipinski definition) is 2. The van der Waals surface area contributed by atoms with E-state index in [0.29, 0.717) is 6.54 Å². The highest BCUT2D eigenvalue weighted by atomic mass is 16.5. The van der Waals surface area contributed by atoms with Crippen molar-refractivity contribution in [2.75, 3.05) is 13.2 Å². The number of carbonyl (C=O) groups is 3. The number of hydrogen-bond acceptors (Lipinski definition) is 4. The Morgan fingerprint density at radius 2 is 1.59 bits per heavy atom. The number of fused-ring (bicyclic) bond motifs is 3. The zero-order valence-electron chi connectivity index (χ0n) is 20.1. The third kappa shape index (κ3) is 5.95. The number of carbonyl (C=O) groups excluding carboxylic acids is 2. The molecular formula is C27H34N2O5. The van der Waals surface area contributed by atoms with E-state index in [2.05, 4.69) is 24.4 Å². The molecule has 182 valence electrons. The van der Waals surface area contributed by atoms with Crippen molar-refractivity contribution in [3.63, 3.8) is 0 Å². The van der Waals surface area contributed by atoms with Crippen LogP contribution in [0.4, 0.5) is 4.79 Å². The Morgan fingerprint density at radius 1 is 1.00 bits per heavy atom. The van der Waals surface area contributed by atoms with Crippen molar-refractivity contribution in [3.8, 4) is 11.1 Å².